The molecule has 0 spiro atoms. The maximum Gasteiger partial charge on any atom is 0.147 e. The van der Waals surface area contributed by atoms with Crippen LogP contribution in [0.1, 0.15) is 0 Å². The zero-order valence-electron chi connectivity index (χ0n) is 7.50. The summed E-state index contributed by atoms with van der Waals surface area (Å²) in [5.41, 5.74) is 6.07. The number of fused-ring (bicyclic) bond motifs is 1. The van der Waals surface area contributed by atoms with Crippen LogP contribution in [-0.2, 0) is 6.54 Å². The van der Waals surface area contributed by atoms with Crippen molar-refractivity contribution in [2.45, 2.75) is 6.54 Å². The molecule has 0 amide bonds. The van der Waals surface area contributed by atoms with Gasteiger partial charge in [-0.3, -0.25) is 0 Å². The van der Waals surface area contributed by atoms with Gasteiger partial charge in [0, 0.05) is 29.1 Å². The molecule has 0 aliphatic heterocycles. The highest BCUT2D eigenvalue weighted by Gasteiger charge is 2.09. The highest BCUT2D eigenvalue weighted by Crippen LogP contribution is 2.27. The Kier molecular flexibility index (Phi) is 2.56. The fraction of sp³-hybridized carbons (Fsp3) is 0.200. The lowest BCUT2D eigenvalue weighted by molar-refractivity contribution is 0.622. The molecule has 0 aliphatic rings. The van der Waals surface area contributed by atoms with Gasteiger partial charge in [-0.05, 0) is 22.0 Å². The number of para-hydroxylation sites is 1. The van der Waals surface area contributed by atoms with Gasteiger partial charge in [-0.15, -0.1) is 0 Å². The highest BCUT2D eigenvalue weighted by molar-refractivity contribution is 9.10. The van der Waals surface area contributed by atoms with E-state index >= 15 is 0 Å². The molecule has 1 aromatic heterocycles. The molecule has 0 bridgehead atoms. The van der Waals surface area contributed by atoms with Crippen molar-refractivity contribution in [3.63, 3.8) is 0 Å². The minimum atomic E-state index is -0.207. The van der Waals surface area contributed by atoms with Gasteiger partial charge >= 0.3 is 0 Å². The summed E-state index contributed by atoms with van der Waals surface area (Å²) in [5.74, 6) is -0.207. The van der Waals surface area contributed by atoms with Gasteiger partial charge in [0.2, 0.25) is 0 Å². The topological polar surface area (TPSA) is 30.9 Å². The van der Waals surface area contributed by atoms with Gasteiger partial charge < -0.3 is 10.3 Å². The van der Waals surface area contributed by atoms with Gasteiger partial charge in [-0.2, -0.15) is 0 Å². The maximum atomic E-state index is 13.5. The second-order valence-electron chi connectivity index (χ2n) is 3.10. The second-order valence-corrected chi connectivity index (χ2v) is 3.95. The van der Waals surface area contributed by atoms with Gasteiger partial charge in [-0.1, -0.05) is 12.1 Å². The SMILES string of the molecule is NCCn1cc(Br)c2cccc(F)c21. The lowest BCUT2D eigenvalue weighted by Crippen LogP contribution is -2.09. The summed E-state index contributed by atoms with van der Waals surface area (Å²) >= 11 is 3.39. The first kappa shape index (κ1) is 9.68. The Morgan fingerprint density at radius 3 is 2.93 bits per heavy atom. The third kappa shape index (κ3) is 1.44. The Labute approximate surface area is 89.6 Å². The van der Waals surface area contributed by atoms with E-state index in [0.717, 1.165) is 9.86 Å². The molecule has 0 saturated heterocycles. The van der Waals surface area contributed by atoms with Crippen molar-refractivity contribution in [2.24, 2.45) is 5.73 Å². The van der Waals surface area contributed by atoms with Crippen LogP contribution in [0.5, 0.6) is 0 Å². The van der Waals surface area contributed by atoms with E-state index in [2.05, 4.69) is 15.9 Å². The molecular formula is C10H10BrFN2. The summed E-state index contributed by atoms with van der Waals surface area (Å²) in [6, 6.07) is 5.05. The quantitative estimate of drug-likeness (QED) is 0.880. The largest absolute Gasteiger partial charge is 0.343 e. The summed E-state index contributed by atoms with van der Waals surface area (Å²) < 4.78 is 16.2. The van der Waals surface area contributed by atoms with Gasteiger partial charge in [-0.25, -0.2) is 4.39 Å². The summed E-state index contributed by atoms with van der Waals surface area (Å²) in [7, 11) is 0. The molecule has 2 rings (SSSR count). The Hall–Kier alpha value is -0.870. The number of nitrogens with zero attached hydrogens (tertiary/aromatic N) is 1. The molecule has 0 aliphatic carbocycles. The minimum absolute atomic E-state index is 0.207. The van der Waals surface area contributed by atoms with Gasteiger partial charge in [0.25, 0.3) is 0 Å². The van der Waals surface area contributed by atoms with E-state index in [4.69, 9.17) is 5.73 Å². The third-order valence-electron chi connectivity index (χ3n) is 2.17. The molecule has 2 nitrogen and oxygen atoms in total. The lowest BCUT2D eigenvalue weighted by atomic mass is 10.2. The van der Waals surface area contributed by atoms with Crippen molar-refractivity contribution >= 4 is 26.8 Å². The van der Waals surface area contributed by atoms with Crippen LogP contribution >= 0.6 is 15.9 Å². The Morgan fingerprint density at radius 2 is 2.21 bits per heavy atom. The number of nitrogens with two attached hydrogens (primary N) is 1. The maximum absolute atomic E-state index is 13.5. The van der Waals surface area contributed by atoms with Crippen LogP contribution in [-0.4, -0.2) is 11.1 Å². The summed E-state index contributed by atoms with van der Waals surface area (Å²) in [6.45, 7) is 1.13. The standard InChI is InChI=1S/C10H10BrFN2/c11-8-6-14(5-4-13)10-7(8)2-1-3-9(10)12/h1-3,6H,4-5,13H2. The van der Waals surface area contributed by atoms with E-state index in [0.29, 0.717) is 18.6 Å². The van der Waals surface area contributed by atoms with Crippen molar-refractivity contribution in [2.75, 3.05) is 6.54 Å². The van der Waals surface area contributed by atoms with Gasteiger partial charge in [0.15, 0.2) is 0 Å². The first-order chi connectivity index (χ1) is 6.74. The van der Waals surface area contributed by atoms with Crippen LogP contribution in [0.4, 0.5) is 4.39 Å². The highest BCUT2D eigenvalue weighted by atomic mass is 79.9. The zero-order valence-corrected chi connectivity index (χ0v) is 9.09. The van der Waals surface area contributed by atoms with Crippen molar-refractivity contribution in [1.82, 2.24) is 4.57 Å². The molecule has 1 heterocycles. The van der Waals surface area contributed by atoms with E-state index in [1.165, 1.54) is 6.07 Å². The zero-order chi connectivity index (χ0) is 10.1. The number of hydrogen-bond donors (Lipinski definition) is 1. The fourth-order valence-corrected chi connectivity index (χ4v) is 2.15. The molecule has 2 N–H and O–H groups in total. The Morgan fingerprint density at radius 1 is 1.43 bits per heavy atom. The predicted molar refractivity (Wildman–Crippen MR) is 58.7 cm³/mol. The normalized spacial score (nSPS) is 11.1. The van der Waals surface area contributed by atoms with E-state index in [9.17, 15) is 4.39 Å². The molecule has 0 radical (unpaired) electrons. The molecule has 0 fully saturated rings. The van der Waals surface area contributed by atoms with E-state index < -0.39 is 0 Å². The molecule has 0 atom stereocenters. The van der Waals surface area contributed by atoms with E-state index in [-0.39, 0.29) is 5.82 Å². The molecule has 0 saturated carbocycles. The monoisotopic (exact) mass is 256 g/mol. The molecule has 14 heavy (non-hydrogen) atoms. The number of benzene rings is 1. The van der Waals surface area contributed by atoms with Crippen molar-refractivity contribution in [3.05, 3.63) is 34.7 Å². The lowest BCUT2D eigenvalue weighted by Gasteiger charge is -2.02. The molecule has 4 heteroatoms. The molecule has 1 aromatic carbocycles. The molecular weight excluding hydrogens is 247 g/mol. The summed E-state index contributed by atoms with van der Waals surface area (Å²) in [5, 5.41) is 0.887. The van der Waals surface area contributed by atoms with Crippen molar-refractivity contribution in [3.8, 4) is 0 Å². The van der Waals surface area contributed by atoms with Crippen LogP contribution < -0.4 is 5.73 Å². The number of aromatic nitrogens is 1. The smallest absolute Gasteiger partial charge is 0.147 e. The van der Waals surface area contributed by atoms with Crippen LogP contribution in [0.2, 0.25) is 0 Å². The van der Waals surface area contributed by atoms with Gasteiger partial charge in [0.05, 0.1) is 5.52 Å². The molecule has 74 valence electrons. The van der Waals surface area contributed by atoms with E-state index in [1.807, 2.05) is 16.8 Å². The summed E-state index contributed by atoms with van der Waals surface area (Å²) in [6.07, 6.45) is 1.86. The first-order valence-corrected chi connectivity index (χ1v) is 5.16. The average molecular weight is 257 g/mol. The van der Waals surface area contributed by atoms with Crippen LogP contribution in [0.15, 0.2) is 28.9 Å². The number of rotatable bonds is 2. The van der Waals surface area contributed by atoms with Crippen LogP contribution in [0.25, 0.3) is 10.9 Å². The fourth-order valence-electron chi connectivity index (χ4n) is 1.59. The Bertz CT molecular complexity index is 464. The Balaban J connectivity index is 2.72. The van der Waals surface area contributed by atoms with E-state index in [1.54, 1.807) is 6.07 Å². The third-order valence-corrected chi connectivity index (χ3v) is 2.80. The van der Waals surface area contributed by atoms with Crippen molar-refractivity contribution < 1.29 is 4.39 Å². The average Bonchev–Trinajstić information content (AvgIpc) is 2.46. The van der Waals surface area contributed by atoms with Crippen LogP contribution in [0, 0.1) is 5.82 Å². The first-order valence-electron chi connectivity index (χ1n) is 4.37. The van der Waals surface area contributed by atoms with Gasteiger partial charge in [0.1, 0.15) is 5.82 Å². The second kappa shape index (κ2) is 3.71. The molecule has 2 aromatic rings. The molecule has 0 unspecified atom stereocenters. The number of hydrogen-bond acceptors (Lipinski definition) is 1. The summed E-state index contributed by atoms with van der Waals surface area (Å²) in [4.78, 5) is 0. The predicted octanol–water partition coefficient (Wildman–Crippen LogP) is 2.50. The van der Waals surface area contributed by atoms with Crippen LogP contribution in [0.3, 0.4) is 0 Å². The minimum Gasteiger partial charge on any atom is -0.343 e. The van der Waals surface area contributed by atoms with Crippen molar-refractivity contribution in [1.29, 1.82) is 0 Å². The number of halogens is 2.